The van der Waals surface area contributed by atoms with Gasteiger partial charge >= 0.3 is 0 Å². The predicted octanol–water partition coefficient (Wildman–Crippen LogP) is 5.84. The lowest BCUT2D eigenvalue weighted by atomic mass is 9.77. The zero-order valence-corrected chi connectivity index (χ0v) is 24.8. The Bertz CT molecular complexity index is 1840. The Morgan fingerprint density at radius 2 is 1.49 bits per heavy atom. The number of methoxy groups -OCH3 is 2. The summed E-state index contributed by atoms with van der Waals surface area (Å²) in [6.45, 7) is 0.907. The van der Waals surface area contributed by atoms with E-state index in [1.54, 1.807) is 62.9 Å². The molecule has 0 unspecified atom stereocenters. The van der Waals surface area contributed by atoms with Gasteiger partial charge in [0.25, 0.3) is 0 Å². The van der Waals surface area contributed by atoms with Crippen molar-refractivity contribution in [2.45, 2.75) is 6.54 Å². The van der Waals surface area contributed by atoms with E-state index in [0.717, 1.165) is 10.9 Å². The van der Waals surface area contributed by atoms with Gasteiger partial charge in [0.2, 0.25) is 11.8 Å². The van der Waals surface area contributed by atoms with Crippen LogP contribution in [0.4, 0.5) is 15.8 Å². The molecule has 228 valence electrons. The lowest BCUT2D eigenvalue weighted by molar-refractivity contribution is -0.152. The number of nitrogens with zero attached hydrogens (tertiary/aromatic N) is 3. The Morgan fingerprint density at radius 3 is 2.11 bits per heavy atom. The molecule has 2 amide bonds. The molecule has 2 N–H and O–H groups in total. The zero-order chi connectivity index (χ0) is 31.6. The van der Waals surface area contributed by atoms with Gasteiger partial charge in [-0.05, 0) is 66.2 Å². The van der Waals surface area contributed by atoms with E-state index in [1.807, 2.05) is 35.2 Å². The summed E-state index contributed by atoms with van der Waals surface area (Å²) in [7, 11) is 3.11. The molecule has 1 saturated heterocycles. The molecule has 0 saturated carbocycles. The molecule has 0 spiro atoms. The number of nitrogens with two attached hydrogens (primary N) is 1. The van der Waals surface area contributed by atoms with E-state index in [4.69, 9.17) is 19.9 Å². The highest BCUT2D eigenvalue weighted by Gasteiger charge is 2.56. The van der Waals surface area contributed by atoms with E-state index in [9.17, 15) is 14.0 Å². The summed E-state index contributed by atoms with van der Waals surface area (Å²) < 4.78 is 31.0. The van der Waals surface area contributed by atoms with Crippen LogP contribution in [0.1, 0.15) is 5.56 Å². The van der Waals surface area contributed by atoms with Crippen LogP contribution >= 0.6 is 0 Å². The van der Waals surface area contributed by atoms with Gasteiger partial charge in [-0.15, -0.1) is 0 Å². The number of carbonyl (C=O) groups is 2. The number of likely N-dealkylation sites (tertiary alicyclic amines) is 1. The Hall–Kier alpha value is -5.48. The topological polar surface area (TPSA) is 107 Å². The minimum absolute atomic E-state index is 0.165. The number of hydrogen-bond acceptors (Lipinski definition) is 7. The molecule has 6 rings (SSSR count). The highest BCUT2D eigenvalue weighted by atomic mass is 19.1. The molecule has 1 aliphatic rings. The van der Waals surface area contributed by atoms with Crippen molar-refractivity contribution in [1.82, 2.24) is 9.88 Å². The molecular formula is C35H31FN4O5. The first-order chi connectivity index (χ1) is 21.8. The Labute approximate surface area is 259 Å². The molecule has 2 heterocycles. The number of hydrogen-bond donors (Lipinski definition) is 1. The fourth-order valence-corrected chi connectivity index (χ4v) is 5.58. The van der Waals surface area contributed by atoms with Gasteiger partial charge in [-0.2, -0.15) is 0 Å². The van der Waals surface area contributed by atoms with Crippen molar-refractivity contribution in [2.24, 2.45) is 11.1 Å². The fraction of sp³-hybridized carbons (Fsp3) is 0.171. The third-order valence-electron chi connectivity index (χ3n) is 7.93. The third kappa shape index (κ3) is 5.75. The van der Waals surface area contributed by atoms with Crippen molar-refractivity contribution in [3.63, 3.8) is 0 Å². The van der Waals surface area contributed by atoms with Gasteiger partial charge in [0, 0.05) is 48.7 Å². The molecule has 0 atom stereocenters. The minimum atomic E-state index is -1.45. The van der Waals surface area contributed by atoms with Crippen LogP contribution in [0.25, 0.3) is 10.9 Å². The minimum Gasteiger partial charge on any atom is -0.493 e. The number of anilines is 2. The first kappa shape index (κ1) is 29.6. The number of halogens is 1. The SMILES string of the molecule is COc1cc2nccc(Oc3ccc(N(C(=O)C4(C(N)=O)CN(Cc5ccccc5)C4)c4ccc(F)cc4)cc3)c2cc1OC. The number of fused-ring (bicyclic) bond motifs is 1. The molecular weight excluding hydrogens is 575 g/mol. The molecule has 1 fully saturated rings. The second-order valence-electron chi connectivity index (χ2n) is 10.8. The number of ether oxygens (including phenoxy) is 3. The number of aromatic nitrogens is 1. The van der Waals surface area contributed by atoms with Crippen LogP contribution in [0.3, 0.4) is 0 Å². The monoisotopic (exact) mass is 606 g/mol. The third-order valence-corrected chi connectivity index (χ3v) is 7.93. The quantitative estimate of drug-likeness (QED) is 0.199. The van der Waals surface area contributed by atoms with E-state index in [1.165, 1.54) is 29.2 Å². The lowest BCUT2D eigenvalue weighted by Gasteiger charge is -2.48. The van der Waals surface area contributed by atoms with Crippen LogP contribution in [-0.2, 0) is 16.1 Å². The maximum atomic E-state index is 14.3. The van der Waals surface area contributed by atoms with Crippen molar-refractivity contribution in [3.8, 4) is 23.0 Å². The molecule has 5 aromatic rings. The van der Waals surface area contributed by atoms with Gasteiger partial charge in [0.1, 0.15) is 17.3 Å². The van der Waals surface area contributed by atoms with Crippen LogP contribution < -0.4 is 24.8 Å². The molecule has 1 aliphatic heterocycles. The first-order valence-corrected chi connectivity index (χ1v) is 14.3. The van der Waals surface area contributed by atoms with Crippen LogP contribution in [0, 0.1) is 11.2 Å². The zero-order valence-electron chi connectivity index (χ0n) is 24.8. The van der Waals surface area contributed by atoms with E-state index < -0.39 is 23.0 Å². The molecule has 45 heavy (non-hydrogen) atoms. The summed E-state index contributed by atoms with van der Waals surface area (Å²) in [5.74, 6) is 0.481. The van der Waals surface area contributed by atoms with Gasteiger partial charge in [0.15, 0.2) is 16.9 Å². The average molecular weight is 607 g/mol. The van der Waals surface area contributed by atoms with Crippen LogP contribution in [0.5, 0.6) is 23.0 Å². The normalized spacial score (nSPS) is 13.9. The Kier molecular flexibility index (Phi) is 8.06. The summed E-state index contributed by atoms with van der Waals surface area (Å²) >= 11 is 0. The molecule has 0 aliphatic carbocycles. The second kappa shape index (κ2) is 12.3. The second-order valence-corrected chi connectivity index (χ2v) is 10.8. The van der Waals surface area contributed by atoms with E-state index in [0.29, 0.717) is 46.4 Å². The maximum Gasteiger partial charge on any atom is 0.249 e. The smallest absolute Gasteiger partial charge is 0.249 e. The lowest BCUT2D eigenvalue weighted by Crippen LogP contribution is -2.68. The summed E-state index contributed by atoms with van der Waals surface area (Å²) in [4.78, 5) is 34.9. The van der Waals surface area contributed by atoms with Crippen LogP contribution in [0.15, 0.2) is 103 Å². The van der Waals surface area contributed by atoms with Gasteiger partial charge < -0.3 is 19.9 Å². The highest BCUT2D eigenvalue weighted by molar-refractivity contribution is 6.15. The number of benzene rings is 4. The molecule has 0 bridgehead atoms. The number of rotatable bonds is 10. The van der Waals surface area contributed by atoms with Crippen molar-refractivity contribution >= 4 is 34.1 Å². The molecule has 1 aromatic heterocycles. The average Bonchev–Trinajstić information content (AvgIpc) is 3.04. The Balaban J connectivity index is 1.29. The number of pyridine rings is 1. The van der Waals surface area contributed by atoms with Gasteiger partial charge in [0.05, 0.1) is 19.7 Å². The van der Waals surface area contributed by atoms with Crippen LogP contribution in [-0.4, -0.2) is 49.0 Å². The predicted molar refractivity (Wildman–Crippen MR) is 168 cm³/mol. The number of carbonyl (C=O) groups excluding carboxylic acids is 2. The largest absolute Gasteiger partial charge is 0.493 e. The summed E-state index contributed by atoms with van der Waals surface area (Å²) in [5, 5.41) is 0.718. The van der Waals surface area contributed by atoms with E-state index in [2.05, 4.69) is 4.98 Å². The number of amides is 2. The molecule has 0 radical (unpaired) electrons. The van der Waals surface area contributed by atoms with Crippen molar-refractivity contribution in [3.05, 3.63) is 115 Å². The first-order valence-electron chi connectivity index (χ1n) is 14.3. The number of primary amides is 1. The highest BCUT2D eigenvalue weighted by Crippen LogP contribution is 2.40. The van der Waals surface area contributed by atoms with Gasteiger partial charge in [-0.1, -0.05) is 30.3 Å². The summed E-state index contributed by atoms with van der Waals surface area (Å²) in [6, 6.07) is 27.5. The molecule has 10 heteroatoms. The van der Waals surface area contributed by atoms with E-state index >= 15 is 0 Å². The molecule has 4 aromatic carbocycles. The van der Waals surface area contributed by atoms with Crippen molar-refractivity contribution in [2.75, 3.05) is 32.2 Å². The maximum absolute atomic E-state index is 14.3. The van der Waals surface area contributed by atoms with Crippen molar-refractivity contribution < 1.29 is 28.2 Å². The Morgan fingerprint density at radius 1 is 0.867 bits per heavy atom. The van der Waals surface area contributed by atoms with Gasteiger partial charge in [-0.25, -0.2) is 4.39 Å². The van der Waals surface area contributed by atoms with E-state index in [-0.39, 0.29) is 13.1 Å². The summed E-state index contributed by atoms with van der Waals surface area (Å²) in [6.07, 6.45) is 1.63. The standard InChI is InChI=1S/C35H31FN4O5/c1-43-31-18-28-29(19-32(31)44-2)38-17-16-30(28)45-27-14-12-26(13-15-27)40(25-10-8-24(36)9-11-25)34(42)35(33(37)41)21-39(22-35)20-23-6-4-3-5-7-23/h3-19H,20-22H2,1-2H3,(H2,37,41). The van der Waals surface area contributed by atoms with Crippen LogP contribution in [0.2, 0.25) is 0 Å². The van der Waals surface area contributed by atoms with Gasteiger partial charge in [-0.3, -0.25) is 24.4 Å². The van der Waals surface area contributed by atoms with Crippen molar-refractivity contribution in [1.29, 1.82) is 0 Å². The fourth-order valence-electron chi connectivity index (χ4n) is 5.58. The summed E-state index contributed by atoms with van der Waals surface area (Å²) in [5.41, 5.74) is 7.03. The molecule has 9 nitrogen and oxygen atoms in total.